The highest BCUT2D eigenvalue weighted by atomic mass is 14.2. The molecule has 0 aliphatic heterocycles. The summed E-state index contributed by atoms with van der Waals surface area (Å²) in [4.78, 5) is 0. The van der Waals surface area contributed by atoms with Gasteiger partial charge in [-0.3, -0.25) is 0 Å². The third-order valence-corrected chi connectivity index (χ3v) is 6.18. The van der Waals surface area contributed by atoms with Crippen molar-refractivity contribution < 1.29 is 0 Å². The van der Waals surface area contributed by atoms with E-state index in [1.165, 1.54) is 59.8 Å². The zero-order chi connectivity index (χ0) is 19.4. The Morgan fingerprint density at radius 2 is 1.07 bits per heavy atom. The lowest BCUT2D eigenvalue weighted by atomic mass is 9.88. The maximum Gasteiger partial charge on any atom is -0.00239 e. The van der Waals surface area contributed by atoms with Gasteiger partial charge in [0, 0.05) is 0 Å². The number of fused-ring (bicyclic) bond motifs is 6. The van der Waals surface area contributed by atoms with Crippen molar-refractivity contribution >= 4 is 43.1 Å². The highest BCUT2D eigenvalue weighted by molar-refractivity contribution is 6.20. The molecule has 0 N–H and O–H groups in total. The largest absolute Gasteiger partial charge is 0.0616 e. The van der Waals surface area contributed by atoms with E-state index in [4.69, 9.17) is 0 Å². The molecule has 0 fully saturated rings. The van der Waals surface area contributed by atoms with Gasteiger partial charge in [-0.05, 0) is 72.8 Å². The molecule has 0 bridgehead atoms. The molecule has 0 aliphatic carbocycles. The monoisotopic (exact) mass is 368 g/mol. The minimum Gasteiger partial charge on any atom is -0.0616 e. The van der Waals surface area contributed by atoms with E-state index >= 15 is 0 Å². The van der Waals surface area contributed by atoms with Crippen molar-refractivity contribution in [3.63, 3.8) is 0 Å². The third-order valence-electron chi connectivity index (χ3n) is 6.18. The molecule has 0 aliphatic rings. The van der Waals surface area contributed by atoms with Gasteiger partial charge in [0.1, 0.15) is 0 Å². The lowest BCUT2D eigenvalue weighted by molar-refractivity contribution is 1.54. The van der Waals surface area contributed by atoms with E-state index in [1.54, 1.807) is 0 Å². The molecular weight excluding hydrogens is 348 g/mol. The first kappa shape index (κ1) is 16.3. The van der Waals surface area contributed by atoms with Gasteiger partial charge in [0.05, 0.1) is 0 Å². The number of aryl methyl sites for hydroxylation is 1. The Balaban J connectivity index is 1.85. The second-order valence-electron chi connectivity index (χ2n) is 7.83. The van der Waals surface area contributed by atoms with E-state index in [0.717, 1.165) is 0 Å². The molecule has 6 aromatic carbocycles. The second-order valence-corrected chi connectivity index (χ2v) is 7.83. The number of hydrogen-bond donors (Lipinski definition) is 0. The van der Waals surface area contributed by atoms with Crippen molar-refractivity contribution in [1.82, 2.24) is 0 Å². The van der Waals surface area contributed by atoms with E-state index in [2.05, 4.69) is 110 Å². The molecule has 0 unspecified atom stereocenters. The van der Waals surface area contributed by atoms with Crippen LogP contribution in [0.15, 0.2) is 103 Å². The summed E-state index contributed by atoms with van der Waals surface area (Å²) < 4.78 is 0. The maximum atomic E-state index is 2.36. The highest BCUT2D eigenvalue weighted by Gasteiger charge is 2.13. The molecular formula is C29H20. The minimum atomic E-state index is 1.29. The van der Waals surface area contributed by atoms with Crippen LogP contribution in [0.25, 0.3) is 54.2 Å². The van der Waals surface area contributed by atoms with Crippen LogP contribution >= 0.6 is 0 Å². The van der Waals surface area contributed by atoms with Gasteiger partial charge >= 0.3 is 0 Å². The van der Waals surface area contributed by atoms with Gasteiger partial charge in [0.2, 0.25) is 0 Å². The van der Waals surface area contributed by atoms with Gasteiger partial charge in [-0.1, -0.05) is 97.1 Å². The van der Waals surface area contributed by atoms with Crippen molar-refractivity contribution in [2.75, 3.05) is 0 Å². The van der Waals surface area contributed by atoms with Gasteiger partial charge in [0.15, 0.2) is 0 Å². The molecule has 0 spiro atoms. The van der Waals surface area contributed by atoms with Crippen molar-refractivity contribution in [1.29, 1.82) is 0 Å². The molecule has 6 rings (SSSR count). The number of rotatable bonds is 1. The average molecular weight is 368 g/mol. The zero-order valence-corrected chi connectivity index (χ0v) is 16.3. The third kappa shape index (κ3) is 2.39. The summed E-state index contributed by atoms with van der Waals surface area (Å²) >= 11 is 0. The SMILES string of the molecule is Cc1ccc(-c2cc3ccccc3c3ccccc23)c2c1ccc1ccccc12. The standard InChI is InChI=1S/C29H20/c1-19-14-16-27(29-22(19)17-15-20-8-2-5-11-24(20)29)28-18-21-9-3-4-10-23(21)25-12-6-7-13-26(25)28/h2-18H,1H3. The second kappa shape index (κ2) is 6.18. The summed E-state index contributed by atoms with van der Waals surface area (Å²) in [6.07, 6.45) is 0. The Kier molecular flexibility index (Phi) is 3.48. The van der Waals surface area contributed by atoms with Crippen LogP contribution in [0, 0.1) is 6.92 Å². The first-order chi connectivity index (χ1) is 14.3. The molecule has 0 heterocycles. The smallest absolute Gasteiger partial charge is 0.00239 e. The fraction of sp³-hybridized carbons (Fsp3) is 0.0345. The first-order valence-electron chi connectivity index (χ1n) is 10.1. The summed E-state index contributed by atoms with van der Waals surface area (Å²) in [5.74, 6) is 0. The molecule has 29 heavy (non-hydrogen) atoms. The molecule has 0 aromatic heterocycles. The van der Waals surface area contributed by atoms with Crippen LogP contribution in [-0.2, 0) is 0 Å². The van der Waals surface area contributed by atoms with Gasteiger partial charge in [0.25, 0.3) is 0 Å². The van der Waals surface area contributed by atoms with Gasteiger partial charge < -0.3 is 0 Å². The van der Waals surface area contributed by atoms with Crippen LogP contribution in [0.3, 0.4) is 0 Å². The molecule has 0 heteroatoms. The fourth-order valence-electron chi connectivity index (χ4n) is 4.77. The number of benzene rings is 6. The molecule has 0 saturated carbocycles. The Morgan fingerprint density at radius 3 is 1.90 bits per heavy atom. The van der Waals surface area contributed by atoms with Crippen molar-refractivity contribution in [3.8, 4) is 11.1 Å². The summed E-state index contributed by atoms with van der Waals surface area (Å²) in [5, 5.41) is 10.5. The molecule has 0 radical (unpaired) electrons. The van der Waals surface area contributed by atoms with Crippen LogP contribution in [0.4, 0.5) is 0 Å². The number of hydrogen-bond acceptors (Lipinski definition) is 0. The van der Waals surface area contributed by atoms with Crippen LogP contribution in [0.5, 0.6) is 0 Å². The van der Waals surface area contributed by atoms with Gasteiger partial charge in [-0.25, -0.2) is 0 Å². The first-order valence-corrected chi connectivity index (χ1v) is 10.1. The van der Waals surface area contributed by atoms with E-state index in [0.29, 0.717) is 0 Å². The summed E-state index contributed by atoms with van der Waals surface area (Å²) in [6, 6.07) is 37.7. The van der Waals surface area contributed by atoms with Crippen LogP contribution in [0.1, 0.15) is 5.56 Å². The van der Waals surface area contributed by atoms with E-state index in [1.807, 2.05) is 0 Å². The van der Waals surface area contributed by atoms with Crippen molar-refractivity contribution in [2.45, 2.75) is 6.92 Å². The Morgan fingerprint density at radius 1 is 0.414 bits per heavy atom. The van der Waals surface area contributed by atoms with Crippen molar-refractivity contribution in [3.05, 3.63) is 109 Å². The Labute approximate surface area is 170 Å². The minimum absolute atomic E-state index is 1.29. The van der Waals surface area contributed by atoms with Gasteiger partial charge in [-0.2, -0.15) is 0 Å². The summed E-state index contributed by atoms with van der Waals surface area (Å²) in [5.41, 5.74) is 3.93. The summed E-state index contributed by atoms with van der Waals surface area (Å²) in [7, 11) is 0. The Bertz CT molecular complexity index is 1550. The van der Waals surface area contributed by atoms with Crippen molar-refractivity contribution in [2.24, 2.45) is 0 Å². The normalized spacial score (nSPS) is 11.6. The van der Waals surface area contributed by atoms with Gasteiger partial charge in [-0.15, -0.1) is 0 Å². The maximum absolute atomic E-state index is 2.36. The summed E-state index contributed by atoms with van der Waals surface area (Å²) in [6.45, 7) is 2.21. The van der Waals surface area contributed by atoms with E-state index < -0.39 is 0 Å². The zero-order valence-electron chi connectivity index (χ0n) is 16.3. The molecule has 0 saturated heterocycles. The molecule has 0 atom stereocenters. The van der Waals surface area contributed by atoms with Crippen LogP contribution in [0.2, 0.25) is 0 Å². The molecule has 0 amide bonds. The predicted molar refractivity (Wildman–Crippen MR) is 127 cm³/mol. The predicted octanol–water partition coefficient (Wildman–Crippen LogP) is 8.27. The topological polar surface area (TPSA) is 0 Å². The molecule has 0 nitrogen and oxygen atoms in total. The Hall–Kier alpha value is -3.64. The average Bonchev–Trinajstić information content (AvgIpc) is 2.79. The fourth-order valence-corrected chi connectivity index (χ4v) is 4.77. The van der Waals surface area contributed by atoms with Crippen LogP contribution in [-0.4, -0.2) is 0 Å². The lowest BCUT2D eigenvalue weighted by Gasteiger charge is -2.16. The molecule has 136 valence electrons. The van der Waals surface area contributed by atoms with E-state index in [-0.39, 0.29) is 0 Å². The van der Waals surface area contributed by atoms with E-state index in [9.17, 15) is 0 Å². The van der Waals surface area contributed by atoms with Crippen LogP contribution < -0.4 is 0 Å². The highest BCUT2D eigenvalue weighted by Crippen LogP contribution is 2.41. The molecule has 6 aromatic rings. The quantitative estimate of drug-likeness (QED) is 0.256. The lowest BCUT2D eigenvalue weighted by Crippen LogP contribution is -1.89.